The van der Waals surface area contributed by atoms with Crippen molar-refractivity contribution in [2.45, 2.75) is 18.9 Å². The zero-order valence-corrected chi connectivity index (χ0v) is 9.84. The van der Waals surface area contributed by atoms with Crippen LogP contribution in [0.1, 0.15) is 6.92 Å². The fraction of sp³-hybridized carbons (Fsp3) is 0.455. The fourth-order valence-corrected chi connectivity index (χ4v) is 2.01. The van der Waals surface area contributed by atoms with E-state index >= 15 is 0 Å². The second-order valence-corrected chi connectivity index (χ2v) is 4.07. The zero-order chi connectivity index (χ0) is 10.3. The molecule has 2 N–H and O–H groups in total. The maximum absolute atomic E-state index is 5.75. The molecule has 1 fully saturated rings. The lowest BCUT2D eigenvalue weighted by molar-refractivity contribution is -0.0313. The average molecular weight is 243 g/mol. The van der Waals surface area contributed by atoms with Crippen LogP contribution in [0.5, 0.6) is 11.5 Å². The van der Waals surface area contributed by atoms with Crippen LogP contribution in [0.15, 0.2) is 24.3 Å². The molecule has 0 saturated carbocycles. The van der Waals surface area contributed by atoms with Crippen molar-refractivity contribution >= 4 is 12.4 Å². The third-order valence-electron chi connectivity index (χ3n) is 2.90. The van der Waals surface area contributed by atoms with Crippen molar-refractivity contribution in [3.8, 4) is 11.5 Å². The van der Waals surface area contributed by atoms with Crippen LogP contribution >= 0.6 is 12.4 Å². The minimum absolute atomic E-state index is 0. The minimum atomic E-state index is -0.294. The number of hydrogen-bond donors (Lipinski definition) is 2. The lowest BCUT2D eigenvalue weighted by Gasteiger charge is -2.29. The summed E-state index contributed by atoms with van der Waals surface area (Å²) in [5, 5.41) is 6.70. The van der Waals surface area contributed by atoms with E-state index in [-0.39, 0.29) is 24.4 Å². The molecule has 2 aliphatic rings. The summed E-state index contributed by atoms with van der Waals surface area (Å²) in [6.07, 6.45) is -0.294. The van der Waals surface area contributed by atoms with E-state index in [1.54, 1.807) is 0 Å². The van der Waals surface area contributed by atoms with E-state index in [1.165, 1.54) is 0 Å². The highest BCUT2D eigenvalue weighted by molar-refractivity contribution is 5.85. The molecule has 0 aliphatic carbocycles. The van der Waals surface area contributed by atoms with Crippen molar-refractivity contribution in [3.05, 3.63) is 24.3 Å². The van der Waals surface area contributed by atoms with Crippen molar-refractivity contribution in [2.75, 3.05) is 13.1 Å². The molecule has 88 valence electrons. The van der Waals surface area contributed by atoms with Gasteiger partial charge in [0.15, 0.2) is 11.5 Å². The molecule has 1 aromatic carbocycles. The number of ether oxygens (including phenoxy) is 2. The second kappa shape index (κ2) is 4.13. The Bertz CT molecular complexity index is 355. The van der Waals surface area contributed by atoms with Gasteiger partial charge in [0, 0.05) is 13.1 Å². The van der Waals surface area contributed by atoms with Crippen LogP contribution in [0.2, 0.25) is 0 Å². The number of fused-ring (bicyclic) bond motifs is 1. The topological polar surface area (TPSA) is 42.5 Å². The first-order valence-electron chi connectivity index (χ1n) is 5.20. The molecule has 16 heavy (non-hydrogen) atoms. The third kappa shape index (κ3) is 1.73. The van der Waals surface area contributed by atoms with Crippen LogP contribution in [0.25, 0.3) is 0 Å². The first kappa shape index (κ1) is 11.5. The second-order valence-electron chi connectivity index (χ2n) is 4.07. The maximum atomic E-state index is 5.75. The molecule has 0 unspecified atom stereocenters. The Morgan fingerprint density at radius 1 is 1.12 bits per heavy atom. The van der Waals surface area contributed by atoms with E-state index in [4.69, 9.17) is 9.47 Å². The highest BCUT2D eigenvalue weighted by Gasteiger charge is 2.43. The molecule has 5 heteroatoms. The summed E-state index contributed by atoms with van der Waals surface area (Å²) in [7, 11) is 0. The van der Waals surface area contributed by atoms with Crippen LogP contribution in [0.3, 0.4) is 0 Å². The van der Waals surface area contributed by atoms with Crippen molar-refractivity contribution in [2.24, 2.45) is 0 Å². The lowest BCUT2D eigenvalue weighted by Crippen LogP contribution is -2.59. The van der Waals surface area contributed by atoms with Crippen LogP contribution < -0.4 is 20.1 Å². The Balaban J connectivity index is 0.000000963. The van der Waals surface area contributed by atoms with Gasteiger partial charge in [-0.3, -0.25) is 10.6 Å². The molecule has 2 aliphatic heterocycles. The molecule has 1 saturated heterocycles. The van der Waals surface area contributed by atoms with Gasteiger partial charge < -0.3 is 9.47 Å². The van der Waals surface area contributed by atoms with Gasteiger partial charge in [0.2, 0.25) is 0 Å². The van der Waals surface area contributed by atoms with Crippen LogP contribution in [0.4, 0.5) is 0 Å². The van der Waals surface area contributed by atoms with Gasteiger partial charge in [0.1, 0.15) is 5.66 Å². The smallest absolute Gasteiger partial charge is 0.272 e. The van der Waals surface area contributed by atoms with Gasteiger partial charge in [0.25, 0.3) is 6.29 Å². The summed E-state index contributed by atoms with van der Waals surface area (Å²) in [6, 6.07) is 7.74. The highest BCUT2D eigenvalue weighted by Crippen LogP contribution is 2.36. The number of benzene rings is 1. The summed E-state index contributed by atoms with van der Waals surface area (Å²) in [5.74, 6) is 1.64. The summed E-state index contributed by atoms with van der Waals surface area (Å²) in [4.78, 5) is 0. The Labute approximate surface area is 101 Å². The molecule has 0 radical (unpaired) electrons. The molecule has 3 rings (SSSR count). The zero-order valence-electron chi connectivity index (χ0n) is 9.03. The predicted molar refractivity (Wildman–Crippen MR) is 63.1 cm³/mol. The lowest BCUT2D eigenvalue weighted by atomic mass is 10.2. The Morgan fingerprint density at radius 3 is 2.12 bits per heavy atom. The standard InChI is InChI=1S/C11H14N2O2.ClH/c1-11(12-6-7-13-11)10-14-8-4-2-3-5-9(8)15-10;/h2-5,10,12-13H,6-7H2,1H3;1H. The molecular formula is C11H15ClN2O2. The van der Waals surface area contributed by atoms with E-state index in [0.29, 0.717) is 0 Å². The Hall–Kier alpha value is -0.970. The van der Waals surface area contributed by atoms with Gasteiger partial charge in [-0.1, -0.05) is 12.1 Å². The molecule has 1 aromatic rings. The summed E-state index contributed by atoms with van der Waals surface area (Å²) in [6.45, 7) is 3.93. The molecular weight excluding hydrogens is 228 g/mol. The maximum Gasteiger partial charge on any atom is 0.272 e. The van der Waals surface area contributed by atoms with Gasteiger partial charge in [-0.25, -0.2) is 0 Å². The summed E-state index contributed by atoms with van der Waals surface area (Å²) >= 11 is 0. The van der Waals surface area contributed by atoms with E-state index in [0.717, 1.165) is 24.6 Å². The number of para-hydroxylation sites is 2. The van der Waals surface area contributed by atoms with E-state index in [9.17, 15) is 0 Å². The molecule has 4 nitrogen and oxygen atoms in total. The molecule has 0 atom stereocenters. The third-order valence-corrected chi connectivity index (χ3v) is 2.90. The van der Waals surface area contributed by atoms with Gasteiger partial charge in [0.05, 0.1) is 0 Å². The minimum Gasteiger partial charge on any atom is -0.448 e. The molecule has 0 bridgehead atoms. The molecule has 0 amide bonds. The predicted octanol–water partition coefficient (Wildman–Crippen LogP) is 1.11. The van der Waals surface area contributed by atoms with Crippen LogP contribution in [-0.2, 0) is 0 Å². The van der Waals surface area contributed by atoms with Crippen molar-refractivity contribution in [3.63, 3.8) is 0 Å². The number of nitrogens with one attached hydrogen (secondary N) is 2. The SMILES string of the molecule is CC1(C2Oc3ccccc3O2)NCCN1.Cl. The Morgan fingerprint density at radius 2 is 1.62 bits per heavy atom. The van der Waals surface area contributed by atoms with E-state index in [1.807, 2.05) is 24.3 Å². The average Bonchev–Trinajstić information content (AvgIpc) is 2.84. The van der Waals surface area contributed by atoms with Crippen molar-refractivity contribution < 1.29 is 9.47 Å². The number of hydrogen-bond acceptors (Lipinski definition) is 4. The normalized spacial score (nSPS) is 21.8. The van der Waals surface area contributed by atoms with Crippen LogP contribution in [-0.4, -0.2) is 25.0 Å². The van der Waals surface area contributed by atoms with Crippen LogP contribution in [0, 0.1) is 0 Å². The van der Waals surface area contributed by atoms with Gasteiger partial charge in [-0.2, -0.15) is 0 Å². The first-order valence-corrected chi connectivity index (χ1v) is 5.20. The number of rotatable bonds is 1. The van der Waals surface area contributed by atoms with E-state index in [2.05, 4.69) is 17.6 Å². The first-order chi connectivity index (χ1) is 7.28. The molecule has 2 heterocycles. The van der Waals surface area contributed by atoms with E-state index < -0.39 is 0 Å². The van der Waals surface area contributed by atoms with Gasteiger partial charge in [-0.05, 0) is 19.1 Å². The monoisotopic (exact) mass is 242 g/mol. The van der Waals surface area contributed by atoms with Crippen molar-refractivity contribution in [1.82, 2.24) is 10.6 Å². The van der Waals surface area contributed by atoms with Gasteiger partial charge in [-0.15, -0.1) is 12.4 Å². The highest BCUT2D eigenvalue weighted by atomic mass is 35.5. The van der Waals surface area contributed by atoms with Gasteiger partial charge >= 0.3 is 0 Å². The fourth-order valence-electron chi connectivity index (χ4n) is 2.01. The largest absolute Gasteiger partial charge is 0.448 e. The summed E-state index contributed by atoms with van der Waals surface area (Å²) < 4.78 is 11.5. The Kier molecular flexibility index (Phi) is 2.97. The quantitative estimate of drug-likeness (QED) is 0.775. The van der Waals surface area contributed by atoms with Crippen molar-refractivity contribution in [1.29, 1.82) is 0 Å². The molecule has 0 aromatic heterocycles. The molecule has 0 spiro atoms. The number of halogens is 1. The summed E-state index contributed by atoms with van der Waals surface area (Å²) in [5.41, 5.74) is -0.293.